The minimum absolute atomic E-state index is 0.0616. The lowest BCUT2D eigenvalue weighted by atomic mass is 9.96. The molecule has 1 aromatic carbocycles. The van der Waals surface area contributed by atoms with Crippen LogP contribution in [0.4, 0.5) is 19.0 Å². The van der Waals surface area contributed by atoms with Crippen molar-refractivity contribution in [3.8, 4) is 5.75 Å². The number of amides is 1. The van der Waals surface area contributed by atoms with Crippen molar-refractivity contribution in [3.05, 3.63) is 60.3 Å². The first-order valence-electron chi connectivity index (χ1n) is 10.2. The summed E-state index contributed by atoms with van der Waals surface area (Å²) in [6.07, 6.45) is 2.25. The molecular weight excluding hydrogens is 425 g/mol. The molecule has 0 saturated carbocycles. The summed E-state index contributed by atoms with van der Waals surface area (Å²) >= 11 is 0. The normalized spacial score (nSPS) is 18.0. The van der Waals surface area contributed by atoms with Crippen LogP contribution in [0.2, 0.25) is 0 Å². The molecule has 0 bridgehead atoms. The predicted molar refractivity (Wildman–Crippen MR) is 110 cm³/mol. The lowest BCUT2D eigenvalue weighted by Gasteiger charge is -2.34. The Bertz CT molecular complexity index is 1050. The predicted octanol–water partition coefficient (Wildman–Crippen LogP) is 3.57. The molecule has 11 heteroatoms. The Kier molecular flexibility index (Phi) is 6.06. The van der Waals surface area contributed by atoms with Crippen molar-refractivity contribution in [2.24, 2.45) is 0 Å². The highest BCUT2D eigenvalue weighted by atomic mass is 19.4. The second kappa shape index (κ2) is 8.93. The maximum absolute atomic E-state index is 13.8. The number of ether oxygens (including phenoxy) is 1. The zero-order valence-electron chi connectivity index (χ0n) is 17.3. The van der Waals surface area contributed by atoms with Crippen molar-refractivity contribution in [1.82, 2.24) is 24.6 Å². The number of hydrogen-bond donors (Lipinski definition) is 2. The number of rotatable bonds is 7. The van der Waals surface area contributed by atoms with Gasteiger partial charge in [-0.3, -0.25) is 4.79 Å². The number of nitrogens with one attached hydrogen (secondary N) is 2. The minimum Gasteiger partial charge on any atom is -0.497 e. The van der Waals surface area contributed by atoms with Crippen LogP contribution in [0.5, 0.6) is 5.75 Å². The van der Waals surface area contributed by atoms with Gasteiger partial charge in [-0.2, -0.15) is 18.3 Å². The number of fused-ring (bicyclic) bond motifs is 1. The van der Waals surface area contributed by atoms with Crippen LogP contribution >= 0.6 is 0 Å². The number of benzene rings is 1. The van der Waals surface area contributed by atoms with E-state index in [4.69, 9.17) is 4.74 Å². The molecule has 4 rings (SSSR count). The molecule has 2 N–H and O–H groups in total. The van der Waals surface area contributed by atoms with E-state index >= 15 is 0 Å². The van der Waals surface area contributed by atoms with Gasteiger partial charge in [0.05, 0.1) is 25.7 Å². The fourth-order valence-corrected chi connectivity index (χ4v) is 3.76. The number of aromatic nitrogens is 4. The number of carbonyl (C=O) groups excluding carboxylic acids is 1. The van der Waals surface area contributed by atoms with Crippen LogP contribution in [0.3, 0.4) is 0 Å². The Balaban J connectivity index is 1.51. The average molecular weight is 448 g/mol. The van der Waals surface area contributed by atoms with Gasteiger partial charge in [-0.05, 0) is 24.1 Å². The summed E-state index contributed by atoms with van der Waals surface area (Å²) in [5.41, 5.74) is 0.749. The molecule has 170 valence electrons. The largest absolute Gasteiger partial charge is 0.497 e. The molecule has 0 fully saturated rings. The van der Waals surface area contributed by atoms with Gasteiger partial charge in [0.2, 0.25) is 0 Å². The molecule has 1 aliphatic heterocycles. The van der Waals surface area contributed by atoms with Crippen molar-refractivity contribution in [2.75, 3.05) is 19.0 Å². The second-order valence-corrected chi connectivity index (χ2v) is 7.52. The Labute approximate surface area is 182 Å². The maximum atomic E-state index is 13.8. The number of methoxy groups -OCH3 is 1. The van der Waals surface area contributed by atoms with Gasteiger partial charge >= 0.3 is 6.18 Å². The van der Waals surface area contributed by atoms with Crippen LogP contribution in [-0.4, -0.2) is 45.1 Å². The molecule has 1 amide bonds. The molecule has 2 atom stereocenters. The van der Waals surface area contributed by atoms with Gasteiger partial charge in [0, 0.05) is 31.9 Å². The second-order valence-electron chi connectivity index (χ2n) is 7.52. The summed E-state index contributed by atoms with van der Waals surface area (Å²) in [4.78, 5) is 16.7. The number of hydrogen-bond acceptors (Lipinski definition) is 5. The number of carbonyl (C=O) groups is 1. The number of aryl methyl sites for hydroxylation is 1. The van der Waals surface area contributed by atoms with Gasteiger partial charge < -0.3 is 19.9 Å². The van der Waals surface area contributed by atoms with E-state index in [-0.39, 0.29) is 17.8 Å². The number of alkyl halides is 3. The summed E-state index contributed by atoms with van der Waals surface area (Å²) in [7, 11) is 1.52. The van der Waals surface area contributed by atoms with Crippen molar-refractivity contribution in [2.45, 2.75) is 37.6 Å². The SMILES string of the molecule is COc1ccc([C@@H]2C[C@@H](C(F)(F)F)n3ncc(C(=O)NCCCn4ccnc4)c3N2)cc1. The Hall–Kier alpha value is -3.50. The van der Waals surface area contributed by atoms with Crippen LogP contribution in [-0.2, 0) is 6.54 Å². The van der Waals surface area contributed by atoms with Crippen LogP contribution in [0.15, 0.2) is 49.2 Å². The molecule has 32 heavy (non-hydrogen) atoms. The molecule has 0 radical (unpaired) electrons. The lowest BCUT2D eigenvalue weighted by Crippen LogP contribution is -2.36. The van der Waals surface area contributed by atoms with E-state index in [0.717, 1.165) is 4.68 Å². The highest BCUT2D eigenvalue weighted by Crippen LogP contribution is 2.44. The summed E-state index contributed by atoms with van der Waals surface area (Å²) in [5, 5.41) is 9.73. The molecule has 3 heterocycles. The Morgan fingerprint density at radius 3 is 2.75 bits per heavy atom. The highest BCUT2D eigenvalue weighted by molar-refractivity contribution is 5.98. The third-order valence-corrected chi connectivity index (χ3v) is 5.44. The monoisotopic (exact) mass is 448 g/mol. The maximum Gasteiger partial charge on any atom is 0.410 e. The topological polar surface area (TPSA) is 86.0 Å². The summed E-state index contributed by atoms with van der Waals surface area (Å²) in [6.45, 7) is 1.03. The molecule has 0 aliphatic carbocycles. The Morgan fingerprint density at radius 2 is 2.09 bits per heavy atom. The third-order valence-electron chi connectivity index (χ3n) is 5.44. The van der Waals surface area contributed by atoms with Crippen molar-refractivity contribution in [1.29, 1.82) is 0 Å². The van der Waals surface area contributed by atoms with Gasteiger partial charge in [0.15, 0.2) is 6.04 Å². The standard InChI is InChI=1S/C21H23F3N6O2/c1-32-15-5-3-14(4-6-15)17-11-18(21(22,23)24)30-19(28-17)16(12-27-30)20(31)26-7-2-9-29-10-8-25-13-29/h3-6,8,10,12-13,17-18,28H,2,7,9,11H2,1H3,(H,26,31)/t17-,18-/m0/s1. The first kappa shape index (κ1) is 21.7. The summed E-state index contributed by atoms with van der Waals surface area (Å²) < 4.78 is 49.3. The summed E-state index contributed by atoms with van der Waals surface area (Å²) in [5.74, 6) is 0.199. The smallest absolute Gasteiger partial charge is 0.410 e. The quantitative estimate of drug-likeness (QED) is 0.540. The van der Waals surface area contributed by atoms with E-state index in [1.165, 1.54) is 13.3 Å². The molecule has 0 unspecified atom stereocenters. The first-order chi connectivity index (χ1) is 15.4. The third kappa shape index (κ3) is 4.56. The Morgan fingerprint density at radius 1 is 1.31 bits per heavy atom. The zero-order valence-corrected chi connectivity index (χ0v) is 17.3. The first-order valence-corrected chi connectivity index (χ1v) is 10.2. The minimum atomic E-state index is -4.51. The highest BCUT2D eigenvalue weighted by Gasteiger charge is 2.47. The molecule has 2 aromatic heterocycles. The van der Waals surface area contributed by atoms with Crippen LogP contribution < -0.4 is 15.4 Å². The van der Waals surface area contributed by atoms with E-state index in [2.05, 4.69) is 20.7 Å². The number of halogens is 3. The molecule has 0 spiro atoms. The fourth-order valence-electron chi connectivity index (χ4n) is 3.76. The van der Waals surface area contributed by atoms with Gasteiger partial charge in [-0.15, -0.1) is 0 Å². The van der Waals surface area contributed by atoms with Gasteiger partial charge in [0.25, 0.3) is 5.91 Å². The number of imidazole rings is 1. The van der Waals surface area contributed by atoms with Crippen LogP contribution in [0.25, 0.3) is 0 Å². The zero-order chi connectivity index (χ0) is 22.7. The van der Waals surface area contributed by atoms with E-state index in [9.17, 15) is 18.0 Å². The lowest BCUT2D eigenvalue weighted by molar-refractivity contribution is -0.173. The van der Waals surface area contributed by atoms with Gasteiger partial charge in [-0.25, -0.2) is 9.67 Å². The van der Waals surface area contributed by atoms with Crippen molar-refractivity contribution in [3.63, 3.8) is 0 Å². The molecule has 1 aliphatic rings. The molecule has 0 saturated heterocycles. The average Bonchev–Trinajstić information content (AvgIpc) is 3.45. The van der Waals surface area contributed by atoms with Crippen molar-refractivity contribution < 1.29 is 22.7 Å². The van der Waals surface area contributed by atoms with E-state index < -0.39 is 24.2 Å². The fraction of sp³-hybridized carbons (Fsp3) is 0.381. The van der Waals surface area contributed by atoms with Crippen LogP contribution in [0, 0.1) is 0 Å². The van der Waals surface area contributed by atoms with Crippen molar-refractivity contribution >= 4 is 11.7 Å². The van der Waals surface area contributed by atoms with Gasteiger partial charge in [0.1, 0.15) is 17.1 Å². The number of nitrogens with zero attached hydrogens (tertiary/aromatic N) is 4. The molecule has 3 aromatic rings. The molecular formula is C21H23F3N6O2. The summed E-state index contributed by atoms with van der Waals surface area (Å²) in [6, 6.07) is 4.34. The van der Waals surface area contributed by atoms with E-state index in [1.807, 2.05) is 10.8 Å². The van der Waals surface area contributed by atoms with Crippen LogP contribution in [0.1, 0.15) is 40.8 Å². The number of anilines is 1. The molecule has 8 nitrogen and oxygen atoms in total. The van der Waals surface area contributed by atoms with E-state index in [0.29, 0.717) is 30.8 Å². The van der Waals surface area contributed by atoms with Gasteiger partial charge in [-0.1, -0.05) is 12.1 Å². The van der Waals surface area contributed by atoms with E-state index in [1.54, 1.807) is 36.8 Å².